The molecule has 1 heterocycles. The molecule has 1 aromatic heterocycles. The fourth-order valence-electron chi connectivity index (χ4n) is 3.13. The van der Waals surface area contributed by atoms with Gasteiger partial charge in [-0.05, 0) is 37.0 Å². The molecule has 1 aliphatic rings. The first kappa shape index (κ1) is 16.5. The van der Waals surface area contributed by atoms with Crippen molar-refractivity contribution in [3.63, 3.8) is 0 Å². The number of hydrogen-bond acceptors (Lipinski definition) is 3. The van der Waals surface area contributed by atoms with Gasteiger partial charge in [0.2, 0.25) is 0 Å². The lowest BCUT2D eigenvalue weighted by Gasteiger charge is -2.22. The molecule has 1 aromatic carbocycles. The number of anilines is 1. The molecule has 1 saturated carbocycles. The number of nitrogens with zero attached hydrogens (tertiary/aromatic N) is 1. The highest BCUT2D eigenvalue weighted by Crippen LogP contribution is 2.17. The molecule has 24 heavy (non-hydrogen) atoms. The third kappa shape index (κ3) is 4.82. The number of carbonyl (C=O) groups is 1. The van der Waals surface area contributed by atoms with E-state index in [1.54, 1.807) is 12.3 Å². The lowest BCUT2D eigenvalue weighted by atomic mass is 9.95. The van der Waals surface area contributed by atoms with E-state index < -0.39 is 0 Å². The number of nitrogens with one attached hydrogen (secondary N) is 2. The van der Waals surface area contributed by atoms with Crippen molar-refractivity contribution < 1.29 is 4.79 Å². The molecule has 2 N–H and O–H groups in total. The van der Waals surface area contributed by atoms with Crippen LogP contribution >= 0.6 is 0 Å². The first-order valence-electron chi connectivity index (χ1n) is 8.86. The minimum Gasteiger partial charge on any atom is -0.383 e. The summed E-state index contributed by atoms with van der Waals surface area (Å²) >= 11 is 0. The van der Waals surface area contributed by atoms with Crippen molar-refractivity contribution in [3.8, 4) is 0 Å². The van der Waals surface area contributed by atoms with Gasteiger partial charge in [-0.1, -0.05) is 49.6 Å². The van der Waals surface area contributed by atoms with Gasteiger partial charge < -0.3 is 10.6 Å². The third-order valence-corrected chi connectivity index (χ3v) is 4.52. The molecule has 4 heteroatoms. The number of hydrogen-bond donors (Lipinski definition) is 2. The van der Waals surface area contributed by atoms with Gasteiger partial charge in [-0.25, -0.2) is 4.98 Å². The van der Waals surface area contributed by atoms with E-state index >= 15 is 0 Å². The Kier molecular flexibility index (Phi) is 5.83. The standard InChI is InChI=1S/C20H25N3O/c24-20(23-17-9-5-2-6-10-17)19-12-11-18(15-22-19)21-14-13-16-7-3-1-4-8-16/h1,3-4,7-8,11-12,15,17,21H,2,5-6,9-10,13-14H2,(H,23,24). The number of aromatic nitrogens is 1. The van der Waals surface area contributed by atoms with E-state index in [9.17, 15) is 4.79 Å². The van der Waals surface area contributed by atoms with E-state index in [0.717, 1.165) is 31.5 Å². The summed E-state index contributed by atoms with van der Waals surface area (Å²) in [5, 5.41) is 6.44. The summed E-state index contributed by atoms with van der Waals surface area (Å²) < 4.78 is 0. The summed E-state index contributed by atoms with van der Waals surface area (Å²) in [4.78, 5) is 16.5. The van der Waals surface area contributed by atoms with E-state index in [2.05, 4.69) is 39.9 Å². The van der Waals surface area contributed by atoms with Gasteiger partial charge in [-0.3, -0.25) is 4.79 Å². The van der Waals surface area contributed by atoms with Crippen molar-refractivity contribution in [1.29, 1.82) is 0 Å². The van der Waals surface area contributed by atoms with Gasteiger partial charge in [-0.2, -0.15) is 0 Å². The van der Waals surface area contributed by atoms with E-state index in [0.29, 0.717) is 11.7 Å². The third-order valence-electron chi connectivity index (χ3n) is 4.52. The Labute approximate surface area is 143 Å². The van der Waals surface area contributed by atoms with E-state index in [1.807, 2.05) is 12.1 Å². The van der Waals surface area contributed by atoms with Crippen molar-refractivity contribution in [2.75, 3.05) is 11.9 Å². The van der Waals surface area contributed by atoms with Crippen LogP contribution in [-0.4, -0.2) is 23.5 Å². The van der Waals surface area contributed by atoms with Crippen LogP contribution in [0.5, 0.6) is 0 Å². The first-order chi connectivity index (χ1) is 11.8. The molecule has 0 spiro atoms. The van der Waals surface area contributed by atoms with Crippen LogP contribution in [0, 0.1) is 0 Å². The lowest BCUT2D eigenvalue weighted by molar-refractivity contribution is 0.0922. The maximum Gasteiger partial charge on any atom is 0.270 e. The summed E-state index contributed by atoms with van der Waals surface area (Å²) in [7, 11) is 0. The van der Waals surface area contributed by atoms with Crippen molar-refractivity contribution in [2.45, 2.75) is 44.6 Å². The fraction of sp³-hybridized carbons (Fsp3) is 0.400. The number of rotatable bonds is 6. The zero-order valence-corrected chi connectivity index (χ0v) is 14.0. The lowest BCUT2D eigenvalue weighted by Crippen LogP contribution is -2.36. The zero-order valence-electron chi connectivity index (χ0n) is 14.0. The normalized spacial score (nSPS) is 15.0. The molecular weight excluding hydrogens is 298 g/mol. The molecule has 3 rings (SSSR count). The summed E-state index contributed by atoms with van der Waals surface area (Å²) in [5.41, 5.74) is 2.75. The highest BCUT2D eigenvalue weighted by molar-refractivity contribution is 5.92. The molecule has 126 valence electrons. The molecule has 0 aliphatic heterocycles. The van der Waals surface area contributed by atoms with Gasteiger partial charge in [0.05, 0.1) is 11.9 Å². The van der Waals surface area contributed by atoms with Gasteiger partial charge in [-0.15, -0.1) is 0 Å². The largest absolute Gasteiger partial charge is 0.383 e. The Morgan fingerprint density at radius 1 is 1.04 bits per heavy atom. The Morgan fingerprint density at radius 3 is 2.54 bits per heavy atom. The highest BCUT2D eigenvalue weighted by atomic mass is 16.1. The molecule has 0 atom stereocenters. The molecule has 2 aromatic rings. The van der Waals surface area contributed by atoms with Crippen molar-refractivity contribution >= 4 is 11.6 Å². The number of pyridine rings is 1. The first-order valence-corrected chi connectivity index (χ1v) is 8.86. The Hall–Kier alpha value is -2.36. The van der Waals surface area contributed by atoms with Crippen LogP contribution in [0.25, 0.3) is 0 Å². The van der Waals surface area contributed by atoms with Crippen LogP contribution in [0.4, 0.5) is 5.69 Å². The molecule has 1 amide bonds. The Bertz CT molecular complexity index is 634. The van der Waals surface area contributed by atoms with Crippen LogP contribution in [0.1, 0.15) is 48.2 Å². The quantitative estimate of drug-likeness (QED) is 0.850. The van der Waals surface area contributed by atoms with Crippen LogP contribution < -0.4 is 10.6 Å². The smallest absolute Gasteiger partial charge is 0.270 e. The van der Waals surface area contributed by atoms with E-state index in [-0.39, 0.29) is 5.91 Å². The zero-order chi connectivity index (χ0) is 16.6. The van der Waals surface area contributed by atoms with Gasteiger partial charge in [0, 0.05) is 12.6 Å². The second-order valence-corrected chi connectivity index (χ2v) is 6.40. The molecule has 1 aliphatic carbocycles. The fourth-order valence-corrected chi connectivity index (χ4v) is 3.13. The number of carbonyl (C=O) groups excluding carboxylic acids is 1. The summed E-state index contributed by atoms with van der Waals surface area (Å²) in [6, 6.07) is 14.4. The molecule has 0 unspecified atom stereocenters. The Balaban J connectivity index is 1.46. The monoisotopic (exact) mass is 323 g/mol. The van der Waals surface area contributed by atoms with Crippen LogP contribution in [0.3, 0.4) is 0 Å². The number of amides is 1. The van der Waals surface area contributed by atoms with Crippen LogP contribution in [-0.2, 0) is 6.42 Å². The average Bonchev–Trinajstić information content (AvgIpc) is 2.64. The van der Waals surface area contributed by atoms with E-state index in [4.69, 9.17) is 0 Å². The molecule has 0 saturated heterocycles. The SMILES string of the molecule is O=C(NC1CCCCC1)c1ccc(NCCc2ccccc2)cn1. The van der Waals surface area contributed by atoms with Crippen molar-refractivity contribution in [1.82, 2.24) is 10.3 Å². The Morgan fingerprint density at radius 2 is 1.83 bits per heavy atom. The summed E-state index contributed by atoms with van der Waals surface area (Å²) in [6.45, 7) is 0.847. The van der Waals surface area contributed by atoms with Crippen molar-refractivity contribution in [2.24, 2.45) is 0 Å². The molecule has 1 fully saturated rings. The highest BCUT2D eigenvalue weighted by Gasteiger charge is 2.17. The second kappa shape index (κ2) is 8.48. The summed E-state index contributed by atoms with van der Waals surface area (Å²) in [6.07, 6.45) is 8.58. The van der Waals surface area contributed by atoms with Crippen LogP contribution in [0.2, 0.25) is 0 Å². The van der Waals surface area contributed by atoms with Gasteiger partial charge in [0.15, 0.2) is 0 Å². The van der Waals surface area contributed by atoms with Gasteiger partial charge in [0.25, 0.3) is 5.91 Å². The van der Waals surface area contributed by atoms with E-state index in [1.165, 1.54) is 24.8 Å². The molecule has 0 bridgehead atoms. The minimum atomic E-state index is -0.0577. The average molecular weight is 323 g/mol. The molecule has 0 radical (unpaired) electrons. The predicted molar refractivity (Wildman–Crippen MR) is 97.2 cm³/mol. The second-order valence-electron chi connectivity index (χ2n) is 6.40. The topological polar surface area (TPSA) is 54.0 Å². The molecule has 4 nitrogen and oxygen atoms in total. The maximum absolute atomic E-state index is 12.2. The van der Waals surface area contributed by atoms with Crippen molar-refractivity contribution in [3.05, 3.63) is 59.9 Å². The van der Waals surface area contributed by atoms with Crippen LogP contribution in [0.15, 0.2) is 48.7 Å². The molecular formula is C20H25N3O. The maximum atomic E-state index is 12.2. The summed E-state index contributed by atoms with van der Waals surface area (Å²) in [5.74, 6) is -0.0577. The van der Waals surface area contributed by atoms with Gasteiger partial charge in [0.1, 0.15) is 5.69 Å². The van der Waals surface area contributed by atoms with Gasteiger partial charge >= 0.3 is 0 Å². The minimum absolute atomic E-state index is 0.0577. The predicted octanol–water partition coefficient (Wildman–Crippen LogP) is 3.80. The number of benzene rings is 1.